The van der Waals surface area contributed by atoms with E-state index in [1.165, 1.54) is 89.9 Å². The number of rotatable bonds is 23. The Balaban J connectivity index is 2.15. The van der Waals surface area contributed by atoms with Gasteiger partial charge in [-0.15, -0.1) is 0 Å². The zero-order chi connectivity index (χ0) is 26.3. The quantitative estimate of drug-likeness (QED) is 0.110. The molecule has 0 spiro atoms. The maximum Gasteiger partial charge on any atom is 0.339 e. The van der Waals surface area contributed by atoms with Crippen molar-refractivity contribution in [3.05, 3.63) is 35.4 Å². The summed E-state index contributed by atoms with van der Waals surface area (Å²) in [7, 11) is 0. The van der Waals surface area contributed by atoms with E-state index in [-0.39, 0.29) is 0 Å². The number of carbonyl (C=O) groups is 2. The van der Waals surface area contributed by atoms with Crippen molar-refractivity contribution in [2.24, 2.45) is 5.92 Å². The highest BCUT2D eigenvalue weighted by atomic mass is 16.5. The monoisotopic (exact) mass is 502 g/mol. The predicted molar refractivity (Wildman–Crippen MR) is 151 cm³/mol. The van der Waals surface area contributed by atoms with Crippen LogP contribution in [-0.2, 0) is 9.47 Å². The molecule has 0 aliphatic rings. The van der Waals surface area contributed by atoms with Gasteiger partial charge < -0.3 is 9.47 Å². The van der Waals surface area contributed by atoms with Gasteiger partial charge in [0, 0.05) is 0 Å². The van der Waals surface area contributed by atoms with Gasteiger partial charge in [-0.3, -0.25) is 0 Å². The Morgan fingerprint density at radius 2 is 0.944 bits per heavy atom. The van der Waals surface area contributed by atoms with Gasteiger partial charge in [0.25, 0.3) is 0 Å². The maximum absolute atomic E-state index is 12.6. The molecule has 0 fully saturated rings. The Bertz CT molecular complexity index is 682. The molecule has 1 aromatic rings. The number of benzene rings is 1. The molecule has 0 aromatic heterocycles. The molecule has 0 heterocycles. The van der Waals surface area contributed by atoms with Crippen molar-refractivity contribution in [3.63, 3.8) is 0 Å². The number of ether oxygens (including phenoxy) is 2. The van der Waals surface area contributed by atoms with Crippen LogP contribution in [0.3, 0.4) is 0 Å². The summed E-state index contributed by atoms with van der Waals surface area (Å²) in [5.41, 5.74) is 0.601. The normalized spacial score (nSPS) is 11.1. The Kier molecular flexibility index (Phi) is 20.0. The number of esters is 2. The van der Waals surface area contributed by atoms with E-state index >= 15 is 0 Å². The highest BCUT2D eigenvalue weighted by Crippen LogP contribution is 2.15. The third kappa shape index (κ3) is 16.8. The Labute approximate surface area is 221 Å². The molecular weight excluding hydrogens is 448 g/mol. The molecule has 0 saturated heterocycles. The van der Waals surface area contributed by atoms with Crippen molar-refractivity contribution in [1.82, 2.24) is 0 Å². The minimum Gasteiger partial charge on any atom is -0.462 e. The van der Waals surface area contributed by atoms with Gasteiger partial charge in [0.05, 0.1) is 24.3 Å². The second-order valence-corrected chi connectivity index (χ2v) is 10.7. The summed E-state index contributed by atoms with van der Waals surface area (Å²) in [6, 6.07) is 6.81. The van der Waals surface area contributed by atoms with E-state index in [4.69, 9.17) is 9.47 Å². The van der Waals surface area contributed by atoms with Crippen LogP contribution in [0.15, 0.2) is 24.3 Å². The topological polar surface area (TPSA) is 52.6 Å². The van der Waals surface area contributed by atoms with Gasteiger partial charge in [0.15, 0.2) is 0 Å². The molecule has 36 heavy (non-hydrogen) atoms. The van der Waals surface area contributed by atoms with E-state index in [1.807, 2.05) is 0 Å². The molecule has 1 aromatic carbocycles. The fourth-order valence-corrected chi connectivity index (χ4v) is 4.45. The SMILES string of the molecule is CCCCCCCCCCCCCCOC(=O)c1ccccc1C(=O)OCCCCCCCC(C)C. The molecule has 4 nitrogen and oxygen atoms in total. The van der Waals surface area contributed by atoms with Crippen molar-refractivity contribution in [2.45, 2.75) is 136 Å². The van der Waals surface area contributed by atoms with Crippen LogP contribution in [-0.4, -0.2) is 25.2 Å². The van der Waals surface area contributed by atoms with Gasteiger partial charge in [-0.2, -0.15) is 0 Å². The average Bonchev–Trinajstić information content (AvgIpc) is 2.88. The largest absolute Gasteiger partial charge is 0.462 e. The van der Waals surface area contributed by atoms with E-state index in [0.29, 0.717) is 24.3 Å². The lowest BCUT2D eigenvalue weighted by Gasteiger charge is -2.10. The van der Waals surface area contributed by atoms with Crippen molar-refractivity contribution in [1.29, 1.82) is 0 Å². The minimum absolute atomic E-state index is 0.300. The molecule has 0 radical (unpaired) electrons. The maximum atomic E-state index is 12.6. The van der Waals surface area contributed by atoms with Crippen molar-refractivity contribution < 1.29 is 19.1 Å². The van der Waals surface area contributed by atoms with Gasteiger partial charge in [-0.05, 0) is 30.9 Å². The van der Waals surface area contributed by atoms with Crippen molar-refractivity contribution in [2.75, 3.05) is 13.2 Å². The molecular formula is C32H54O4. The Morgan fingerprint density at radius 1 is 0.583 bits per heavy atom. The first-order chi connectivity index (χ1) is 17.6. The summed E-state index contributed by atoms with van der Waals surface area (Å²) in [5.74, 6) is -0.106. The number of unbranched alkanes of at least 4 members (excludes halogenated alkanes) is 15. The lowest BCUT2D eigenvalue weighted by molar-refractivity contribution is 0.0450. The summed E-state index contributed by atoms with van der Waals surface area (Å²) >= 11 is 0. The summed E-state index contributed by atoms with van der Waals surface area (Å²) in [6.45, 7) is 7.57. The van der Waals surface area contributed by atoms with E-state index in [2.05, 4.69) is 20.8 Å². The van der Waals surface area contributed by atoms with Crippen LogP contribution in [0, 0.1) is 5.92 Å². The molecule has 0 N–H and O–H groups in total. The highest BCUT2D eigenvalue weighted by Gasteiger charge is 2.18. The smallest absolute Gasteiger partial charge is 0.339 e. The van der Waals surface area contributed by atoms with Gasteiger partial charge in [0.2, 0.25) is 0 Å². The van der Waals surface area contributed by atoms with E-state index in [1.54, 1.807) is 24.3 Å². The van der Waals surface area contributed by atoms with Gasteiger partial charge in [-0.25, -0.2) is 9.59 Å². The van der Waals surface area contributed by atoms with Crippen LogP contribution >= 0.6 is 0 Å². The lowest BCUT2D eigenvalue weighted by Crippen LogP contribution is -2.15. The molecule has 0 saturated carbocycles. The first-order valence-corrected chi connectivity index (χ1v) is 15.0. The molecule has 1 rings (SSSR count). The highest BCUT2D eigenvalue weighted by molar-refractivity contribution is 6.03. The van der Waals surface area contributed by atoms with Crippen LogP contribution < -0.4 is 0 Å². The molecule has 0 aliphatic carbocycles. The van der Waals surface area contributed by atoms with E-state index in [0.717, 1.165) is 31.6 Å². The summed E-state index contributed by atoms with van der Waals surface area (Å²) in [4.78, 5) is 25.1. The van der Waals surface area contributed by atoms with Crippen LogP contribution in [0.5, 0.6) is 0 Å². The molecule has 0 unspecified atom stereocenters. The first kappa shape index (κ1) is 32.2. The summed E-state index contributed by atoms with van der Waals surface area (Å²) < 4.78 is 10.9. The Hall–Kier alpha value is -1.84. The molecule has 4 heteroatoms. The number of hydrogen-bond donors (Lipinski definition) is 0. The fourth-order valence-electron chi connectivity index (χ4n) is 4.45. The minimum atomic E-state index is -0.437. The molecule has 0 atom stereocenters. The standard InChI is InChI=1S/C32H54O4/c1-4-5-6-7-8-9-10-11-12-13-16-21-26-35-31(33)29-24-19-20-25-30(29)32(34)36-27-22-17-14-15-18-23-28(2)3/h19-20,24-25,28H,4-18,21-23,26-27H2,1-3H3. The van der Waals surface area contributed by atoms with E-state index in [9.17, 15) is 9.59 Å². The van der Waals surface area contributed by atoms with Crippen LogP contribution in [0.4, 0.5) is 0 Å². The zero-order valence-corrected chi connectivity index (χ0v) is 23.7. The molecule has 206 valence electrons. The third-order valence-corrected chi connectivity index (χ3v) is 6.76. The van der Waals surface area contributed by atoms with Crippen LogP contribution in [0.25, 0.3) is 0 Å². The zero-order valence-electron chi connectivity index (χ0n) is 23.7. The summed E-state index contributed by atoms with van der Waals surface area (Å²) in [6.07, 6.45) is 22.1. The lowest BCUT2D eigenvalue weighted by atomic mass is 10.0. The van der Waals surface area contributed by atoms with Crippen LogP contribution in [0.2, 0.25) is 0 Å². The number of hydrogen-bond acceptors (Lipinski definition) is 4. The van der Waals surface area contributed by atoms with Crippen LogP contribution in [0.1, 0.15) is 157 Å². The van der Waals surface area contributed by atoms with Gasteiger partial charge in [0.1, 0.15) is 0 Å². The predicted octanol–water partition coefficient (Wildman–Crippen LogP) is 9.70. The Morgan fingerprint density at radius 3 is 1.33 bits per heavy atom. The first-order valence-electron chi connectivity index (χ1n) is 15.0. The summed E-state index contributed by atoms with van der Waals surface area (Å²) in [5, 5.41) is 0. The van der Waals surface area contributed by atoms with Gasteiger partial charge in [-0.1, -0.05) is 136 Å². The van der Waals surface area contributed by atoms with Gasteiger partial charge >= 0.3 is 11.9 Å². The molecule has 0 amide bonds. The average molecular weight is 503 g/mol. The second kappa shape index (κ2) is 22.4. The molecule has 0 aliphatic heterocycles. The fraction of sp³-hybridized carbons (Fsp3) is 0.750. The van der Waals surface area contributed by atoms with E-state index < -0.39 is 11.9 Å². The molecule has 0 bridgehead atoms. The number of carbonyl (C=O) groups excluding carboxylic acids is 2. The van der Waals surface area contributed by atoms with Crippen molar-refractivity contribution >= 4 is 11.9 Å². The third-order valence-electron chi connectivity index (χ3n) is 6.76. The van der Waals surface area contributed by atoms with Crippen molar-refractivity contribution in [3.8, 4) is 0 Å². The second-order valence-electron chi connectivity index (χ2n) is 10.7.